The average molecular weight is 421 g/mol. The van der Waals surface area contributed by atoms with Gasteiger partial charge in [0.05, 0.1) is 6.04 Å². The number of nitrogens with one attached hydrogen (secondary N) is 1. The van der Waals surface area contributed by atoms with Gasteiger partial charge in [-0.05, 0) is 19.3 Å². The van der Waals surface area contributed by atoms with Crippen LogP contribution in [0, 0.1) is 17.5 Å². The van der Waals surface area contributed by atoms with Crippen LogP contribution >= 0.6 is 0 Å². The zero-order chi connectivity index (χ0) is 21.6. The van der Waals surface area contributed by atoms with E-state index in [4.69, 9.17) is 0 Å². The van der Waals surface area contributed by atoms with Crippen LogP contribution in [0.5, 0.6) is 5.75 Å². The molecule has 2 amide bonds. The van der Waals surface area contributed by atoms with Crippen molar-refractivity contribution in [1.82, 2.24) is 14.8 Å². The molecule has 1 aromatic heterocycles. The zero-order valence-electron chi connectivity index (χ0n) is 15.8. The number of nitrogens with zero attached hydrogens (tertiary/aromatic N) is 2. The van der Waals surface area contributed by atoms with Crippen LogP contribution in [-0.2, 0) is 6.54 Å². The van der Waals surface area contributed by atoms with Gasteiger partial charge < -0.3 is 19.9 Å². The molecule has 30 heavy (non-hydrogen) atoms. The van der Waals surface area contributed by atoms with E-state index in [1.807, 2.05) is 0 Å². The highest BCUT2D eigenvalue weighted by Gasteiger charge is 2.36. The van der Waals surface area contributed by atoms with Gasteiger partial charge in [-0.2, -0.15) is 0 Å². The van der Waals surface area contributed by atoms with E-state index >= 15 is 0 Å². The minimum Gasteiger partial charge on any atom is -0.503 e. The largest absolute Gasteiger partial charge is 0.503 e. The molecule has 1 fully saturated rings. The van der Waals surface area contributed by atoms with Crippen molar-refractivity contribution in [3.05, 3.63) is 62.8 Å². The third kappa shape index (κ3) is 3.31. The Hall–Kier alpha value is -3.30. The molecule has 0 spiro atoms. The number of fused-ring (bicyclic) bond motifs is 4. The van der Waals surface area contributed by atoms with Gasteiger partial charge in [-0.25, -0.2) is 13.2 Å². The summed E-state index contributed by atoms with van der Waals surface area (Å²) in [5, 5.41) is 12.6. The summed E-state index contributed by atoms with van der Waals surface area (Å²) in [6.07, 6.45) is 3.54. The summed E-state index contributed by atoms with van der Waals surface area (Å²) in [5.74, 6) is -5.74. The molecular formula is C20H18F3N3O4. The third-order valence-electron chi connectivity index (χ3n) is 5.52. The van der Waals surface area contributed by atoms with E-state index in [0.29, 0.717) is 31.6 Å². The van der Waals surface area contributed by atoms with Crippen LogP contribution < -0.4 is 10.7 Å². The van der Waals surface area contributed by atoms with Crippen molar-refractivity contribution >= 4 is 11.8 Å². The molecule has 158 valence electrons. The van der Waals surface area contributed by atoms with Gasteiger partial charge in [0.1, 0.15) is 23.0 Å². The summed E-state index contributed by atoms with van der Waals surface area (Å²) in [7, 11) is 0. The van der Waals surface area contributed by atoms with Crippen LogP contribution in [0.15, 0.2) is 23.1 Å². The summed E-state index contributed by atoms with van der Waals surface area (Å²) < 4.78 is 42.0. The number of amides is 2. The van der Waals surface area contributed by atoms with Gasteiger partial charge in [0.2, 0.25) is 5.43 Å². The number of halogens is 3. The Morgan fingerprint density at radius 1 is 1.17 bits per heavy atom. The van der Waals surface area contributed by atoms with Crippen molar-refractivity contribution in [1.29, 1.82) is 0 Å². The van der Waals surface area contributed by atoms with Crippen molar-refractivity contribution in [3.63, 3.8) is 0 Å². The minimum atomic E-state index is -1.18. The van der Waals surface area contributed by atoms with Crippen LogP contribution in [-0.4, -0.2) is 39.5 Å². The zero-order valence-corrected chi connectivity index (χ0v) is 15.8. The quantitative estimate of drug-likeness (QED) is 0.794. The van der Waals surface area contributed by atoms with Crippen LogP contribution in [0.3, 0.4) is 0 Å². The first-order valence-corrected chi connectivity index (χ1v) is 9.47. The summed E-state index contributed by atoms with van der Waals surface area (Å²) in [5.41, 5.74) is -2.23. The molecular weight excluding hydrogens is 403 g/mol. The fourth-order valence-electron chi connectivity index (χ4n) is 3.97. The standard InChI is InChI=1S/C20H18F3N3O4/c21-10-5-14(22)12(15(23)6-10)7-24-19(29)13-9-26-11-3-1-2-4-25(8-11)20(30)16(26)18(28)17(13)27/h5-6,9,11,28H,1-4,7-8H2,(H,24,29)/t11-/m1/s1. The highest BCUT2D eigenvalue weighted by molar-refractivity contribution is 5.99. The van der Waals surface area contributed by atoms with E-state index in [-0.39, 0.29) is 11.7 Å². The Balaban J connectivity index is 1.67. The smallest absolute Gasteiger partial charge is 0.274 e. The maximum absolute atomic E-state index is 13.8. The Bertz CT molecular complexity index is 1090. The number of aromatic hydroxyl groups is 1. The van der Waals surface area contributed by atoms with Crippen molar-refractivity contribution in [2.45, 2.75) is 31.8 Å². The second-order valence-electron chi connectivity index (χ2n) is 7.41. The van der Waals surface area contributed by atoms with E-state index < -0.39 is 58.1 Å². The normalized spacial score (nSPS) is 18.0. The Morgan fingerprint density at radius 2 is 1.87 bits per heavy atom. The third-order valence-corrected chi connectivity index (χ3v) is 5.52. The van der Waals surface area contributed by atoms with Crippen molar-refractivity contribution in [3.8, 4) is 5.75 Å². The molecule has 0 saturated carbocycles. The van der Waals surface area contributed by atoms with Gasteiger partial charge in [-0.3, -0.25) is 14.4 Å². The number of hydrogen-bond donors (Lipinski definition) is 2. The number of pyridine rings is 1. The van der Waals surface area contributed by atoms with Crippen molar-refractivity contribution in [2.75, 3.05) is 13.1 Å². The van der Waals surface area contributed by atoms with Gasteiger partial charge in [-0.15, -0.1) is 0 Å². The molecule has 2 N–H and O–H groups in total. The fourth-order valence-corrected chi connectivity index (χ4v) is 3.97. The fraction of sp³-hybridized carbons (Fsp3) is 0.350. The van der Waals surface area contributed by atoms with E-state index in [1.54, 1.807) is 4.90 Å². The van der Waals surface area contributed by atoms with Gasteiger partial charge in [0, 0.05) is 43.5 Å². The Kier molecular flexibility index (Phi) is 5.00. The topological polar surface area (TPSA) is 91.6 Å². The SMILES string of the molecule is O=C(NCc1c(F)cc(F)cc1F)c1cn2c(c(O)c1=O)C(=O)N1CCCC[C@@H]2C1. The molecule has 4 rings (SSSR count). The lowest BCUT2D eigenvalue weighted by molar-refractivity contribution is 0.0677. The molecule has 10 heteroatoms. The number of benzene rings is 1. The van der Waals surface area contributed by atoms with E-state index in [2.05, 4.69) is 5.32 Å². The lowest BCUT2D eigenvalue weighted by Crippen LogP contribution is -2.44. The van der Waals surface area contributed by atoms with Crippen LogP contribution in [0.1, 0.15) is 51.7 Å². The number of aromatic nitrogens is 1. The maximum Gasteiger partial charge on any atom is 0.274 e. The highest BCUT2D eigenvalue weighted by Crippen LogP contribution is 2.31. The lowest BCUT2D eigenvalue weighted by Gasteiger charge is -2.34. The molecule has 2 aliphatic heterocycles. The lowest BCUT2D eigenvalue weighted by atomic mass is 10.1. The molecule has 7 nitrogen and oxygen atoms in total. The number of rotatable bonds is 3. The van der Waals surface area contributed by atoms with E-state index in [0.717, 1.165) is 12.8 Å². The summed E-state index contributed by atoms with van der Waals surface area (Å²) in [6.45, 7) is 0.302. The summed E-state index contributed by atoms with van der Waals surface area (Å²) >= 11 is 0. The van der Waals surface area contributed by atoms with Gasteiger partial charge in [-0.1, -0.05) is 0 Å². The number of carbonyl (C=O) groups excluding carboxylic acids is 2. The van der Waals surface area contributed by atoms with Gasteiger partial charge in [0.15, 0.2) is 11.4 Å². The van der Waals surface area contributed by atoms with Crippen molar-refractivity contribution in [2.24, 2.45) is 0 Å². The first kappa shape index (κ1) is 20.0. The number of hydrogen-bond acceptors (Lipinski definition) is 4. The van der Waals surface area contributed by atoms with Gasteiger partial charge >= 0.3 is 0 Å². The summed E-state index contributed by atoms with van der Waals surface area (Å²) in [4.78, 5) is 39.3. The molecule has 1 aromatic carbocycles. The molecule has 2 aromatic rings. The molecule has 1 atom stereocenters. The first-order valence-electron chi connectivity index (χ1n) is 9.47. The number of carbonyl (C=O) groups is 2. The molecule has 3 heterocycles. The van der Waals surface area contributed by atoms with Gasteiger partial charge in [0.25, 0.3) is 11.8 Å². The predicted octanol–water partition coefficient (Wildman–Crippen LogP) is 2.08. The second-order valence-corrected chi connectivity index (χ2v) is 7.41. The molecule has 0 aliphatic carbocycles. The average Bonchev–Trinajstić information content (AvgIpc) is 2.91. The first-order chi connectivity index (χ1) is 14.3. The second kappa shape index (κ2) is 7.51. The molecule has 0 unspecified atom stereocenters. The maximum atomic E-state index is 13.8. The van der Waals surface area contributed by atoms with Crippen LogP contribution in [0.4, 0.5) is 13.2 Å². The van der Waals surface area contributed by atoms with Crippen LogP contribution in [0.25, 0.3) is 0 Å². The molecule has 0 radical (unpaired) electrons. The monoisotopic (exact) mass is 421 g/mol. The van der Waals surface area contributed by atoms with E-state index in [1.165, 1.54) is 10.8 Å². The van der Waals surface area contributed by atoms with Crippen molar-refractivity contribution < 1.29 is 27.9 Å². The summed E-state index contributed by atoms with van der Waals surface area (Å²) in [6, 6.07) is 0.756. The Morgan fingerprint density at radius 3 is 2.57 bits per heavy atom. The molecule has 1 saturated heterocycles. The molecule has 2 bridgehead atoms. The highest BCUT2D eigenvalue weighted by atomic mass is 19.1. The van der Waals surface area contributed by atoms with E-state index in [9.17, 15) is 32.7 Å². The predicted molar refractivity (Wildman–Crippen MR) is 98.6 cm³/mol. The minimum absolute atomic E-state index is 0.162. The molecule has 2 aliphatic rings. The Labute approximate surface area is 168 Å². The van der Waals surface area contributed by atoms with Crippen LogP contribution in [0.2, 0.25) is 0 Å².